The first-order chi connectivity index (χ1) is 8.70. The predicted molar refractivity (Wildman–Crippen MR) is 69.5 cm³/mol. The van der Waals surface area contributed by atoms with Crippen molar-refractivity contribution in [2.75, 3.05) is 11.9 Å². The summed E-state index contributed by atoms with van der Waals surface area (Å²) in [4.78, 5) is 0. The lowest BCUT2D eigenvalue weighted by Crippen LogP contribution is -1.97. The van der Waals surface area contributed by atoms with Gasteiger partial charge in [-0.2, -0.15) is 0 Å². The fourth-order valence-corrected chi connectivity index (χ4v) is 1.50. The van der Waals surface area contributed by atoms with E-state index in [4.69, 9.17) is 20.8 Å². The molecule has 0 aliphatic carbocycles. The molecule has 0 saturated carbocycles. The molecule has 0 amide bonds. The Morgan fingerprint density at radius 1 is 1.39 bits per heavy atom. The summed E-state index contributed by atoms with van der Waals surface area (Å²) in [5, 5.41) is 10.4. The molecule has 6 heteroatoms. The number of halogens is 1. The van der Waals surface area contributed by atoms with Crippen molar-refractivity contribution in [1.82, 2.24) is 10.2 Å². The maximum absolute atomic E-state index is 5.85. The Hall–Kier alpha value is -1.75. The molecule has 0 bridgehead atoms. The van der Waals surface area contributed by atoms with Gasteiger partial charge in [0.25, 0.3) is 0 Å². The number of rotatable bonds is 5. The van der Waals surface area contributed by atoms with Crippen LogP contribution < -0.4 is 10.1 Å². The fourth-order valence-electron chi connectivity index (χ4n) is 1.41. The van der Waals surface area contributed by atoms with E-state index in [0.29, 0.717) is 18.5 Å². The van der Waals surface area contributed by atoms with Crippen LogP contribution in [0.2, 0.25) is 0 Å². The van der Waals surface area contributed by atoms with Gasteiger partial charge in [0.15, 0.2) is 0 Å². The van der Waals surface area contributed by atoms with E-state index in [0.717, 1.165) is 11.4 Å². The highest BCUT2D eigenvalue weighted by Crippen LogP contribution is 2.28. The largest absolute Gasteiger partial charge is 0.492 e. The standard InChI is InChI=1S/C12H14ClN3O2/c1-3-17-10-7-5-4-6-9(10)14-12-16-15-11(18-12)8(2)13/h4-8H,3H2,1-2H3,(H,14,16). The van der Waals surface area contributed by atoms with E-state index in [9.17, 15) is 0 Å². The zero-order valence-corrected chi connectivity index (χ0v) is 10.9. The highest BCUT2D eigenvalue weighted by molar-refractivity contribution is 6.20. The molecule has 2 aromatic rings. The first-order valence-electron chi connectivity index (χ1n) is 5.67. The summed E-state index contributed by atoms with van der Waals surface area (Å²) in [7, 11) is 0. The summed E-state index contributed by atoms with van der Waals surface area (Å²) in [6, 6.07) is 7.83. The Morgan fingerprint density at radius 3 is 2.83 bits per heavy atom. The normalized spacial score (nSPS) is 12.2. The van der Waals surface area contributed by atoms with Crippen LogP contribution in [0.15, 0.2) is 28.7 Å². The Bertz CT molecular complexity index is 514. The topological polar surface area (TPSA) is 60.2 Å². The first kappa shape index (κ1) is 12.7. The number of anilines is 2. The van der Waals surface area contributed by atoms with Gasteiger partial charge in [-0.3, -0.25) is 0 Å². The number of nitrogens with one attached hydrogen (secondary N) is 1. The molecule has 1 N–H and O–H groups in total. The average Bonchev–Trinajstić information content (AvgIpc) is 2.81. The molecule has 0 radical (unpaired) electrons. The summed E-state index contributed by atoms with van der Waals surface area (Å²) in [6.45, 7) is 4.29. The molecule has 0 saturated heterocycles. The average molecular weight is 268 g/mol. The second-order valence-corrected chi connectivity index (χ2v) is 4.27. The van der Waals surface area contributed by atoms with Gasteiger partial charge in [0.2, 0.25) is 5.89 Å². The van der Waals surface area contributed by atoms with E-state index >= 15 is 0 Å². The molecule has 1 aromatic carbocycles. The number of hydrogen-bond donors (Lipinski definition) is 1. The zero-order chi connectivity index (χ0) is 13.0. The van der Waals surface area contributed by atoms with Gasteiger partial charge >= 0.3 is 6.01 Å². The molecule has 96 valence electrons. The minimum absolute atomic E-state index is 0.296. The number of aromatic nitrogens is 2. The lowest BCUT2D eigenvalue weighted by Gasteiger charge is -2.09. The van der Waals surface area contributed by atoms with E-state index in [1.54, 1.807) is 6.92 Å². The Labute approximate surface area is 110 Å². The van der Waals surface area contributed by atoms with Crippen molar-refractivity contribution in [3.05, 3.63) is 30.2 Å². The molecular weight excluding hydrogens is 254 g/mol. The second kappa shape index (κ2) is 5.73. The van der Waals surface area contributed by atoms with Gasteiger partial charge in [-0.25, -0.2) is 0 Å². The molecule has 0 aliphatic heterocycles. The third kappa shape index (κ3) is 2.92. The van der Waals surface area contributed by atoms with Crippen LogP contribution in [0.4, 0.5) is 11.7 Å². The van der Waals surface area contributed by atoms with Crippen molar-refractivity contribution in [3.8, 4) is 5.75 Å². The predicted octanol–water partition coefficient (Wildman–Crippen LogP) is 3.51. The minimum Gasteiger partial charge on any atom is -0.492 e. The van der Waals surface area contributed by atoms with Crippen LogP contribution in [-0.2, 0) is 0 Å². The molecule has 0 aliphatic rings. The van der Waals surface area contributed by atoms with Crippen molar-refractivity contribution in [3.63, 3.8) is 0 Å². The van der Waals surface area contributed by atoms with Crippen LogP contribution in [0.3, 0.4) is 0 Å². The Kier molecular flexibility index (Phi) is 4.04. The fraction of sp³-hybridized carbons (Fsp3) is 0.333. The van der Waals surface area contributed by atoms with E-state index < -0.39 is 0 Å². The SMILES string of the molecule is CCOc1ccccc1Nc1nnc(C(C)Cl)o1. The molecule has 1 unspecified atom stereocenters. The molecular formula is C12H14ClN3O2. The van der Waals surface area contributed by atoms with Crippen molar-refractivity contribution in [2.24, 2.45) is 0 Å². The van der Waals surface area contributed by atoms with Crippen molar-refractivity contribution in [1.29, 1.82) is 0 Å². The summed E-state index contributed by atoms with van der Waals surface area (Å²) >= 11 is 5.85. The van der Waals surface area contributed by atoms with Crippen LogP contribution in [0.25, 0.3) is 0 Å². The number of nitrogens with zero attached hydrogens (tertiary/aromatic N) is 2. The summed E-state index contributed by atoms with van der Waals surface area (Å²) in [5.74, 6) is 1.12. The third-order valence-electron chi connectivity index (χ3n) is 2.21. The van der Waals surface area contributed by atoms with Crippen LogP contribution in [0, 0.1) is 0 Å². The molecule has 1 atom stereocenters. The number of ether oxygens (including phenoxy) is 1. The van der Waals surface area contributed by atoms with Gasteiger partial charge in [0, 0.05) is 0 Å². The van der Waals surface area contributed by atoms with Crippen LogP contribution >= 0.6 is 11.6 Å². The van der Waals surface area contributed by atoms with E-state index in [1.165, 1.54) is 0 Å². The van der Waals surface area contributed by atoms with E-state index in [1.807, 2.05) is 31.2 Å². The molecule has 2 rings (SSSR count). The van der Waals surface area contributed by atoms with Gasteiger partial charge in [0.1, 0.15) is 11.1 Å². The molecule has 5 nitrogen and oxygen atoms in total. The lowest BCUT2D eigenvalue weighted by molar-refractivity contribution is 0.342. The quantitative estimate of drug-likeness (QED) is 0.840. The lowest BCUT2D eigenvalue weighted by atomic mass is 10.3. The van der Waals surface area contributed by atoms with E-state index in [-0.39, 0.29) is 5.38 Å². The highest BCUT2D eigenvalue weighted by atomic mass is 35.5. The van der Waals surface area contributed by atoms with Crippen molar-refractivity contribution in [2.45, 2.75) is 19.2 Å². The van der Waals surface area contributed by atoms with Gasteiger partial charge in [-0.05, 0) is 26.0 Å². The maximum Gasteiger partial charge on any atom is 0.320 e. The molecule has 1 heterocycles. The molecule has 1 aromatic heterocycles. The zero-order valence-electron chi connectivity index (χ0n) is 10.2. The second-order valence-electron chi connectivity index (χ2n) is 3.62. The highest BCUT2D eigenvalue weighted by Gasteiger charge is 2.12. The summed E-state index contributed by atoms with van der Waals surface area (Å²) in [5.41, 5.74) is 0.775. The maximum atomic E-state index is 5.85. The van der Waals surface area contributed by atoms with Crippen LogP contribution in [0.1, 0.15) is 25.1 Å². The molecule has 0 fully saturated rings. The Morgan fingerprint density at radius 2 is 2.17 bits per heavy atom. The van der Waals surface area contributed by atoms with Gasteiger partial charge in [0.05, 0.1) is 12.3 Å². The van der Waals surface area contributed by atoms with Gasteiger partial charge in [-0.1, -0.05) is 17.2 Å². The number of hydrogen-bond acceptors (Lipinski definition) is 5. The smallest absolute Gasteiger partial charge is 0.320 e. The minimum atomic E-state index is -0.310. The summed E-state index contributed by atoms with van der Waals surface area (Å²) < 4.78 is 10.8. The van der Waals surface area contributed by atoms with Crippen LogP contribution in [-0.4, -0.2) is 16.8 Å². The van der Waals surface area contributed by atoms with Crippen LogP contribution in [0.5, 0.6) is 5.75 Å². The number of alkyl halides is 1. The number of para-hydroxylation sites is 2. The van der Waals surface area contributed by atoms with Gasteiger partial charge < -0.3 is 14.5 Å². The monoisotopic (exact) mass is 267 g/mol. The van der Waals surface area contributed by atoms with E-state index in [2.05, 4.69) is 15.5 Å². The third-order valence-corrected chi connectivity index (χ3v) is 2.40. The molecule has 0 spiro atoms. The van der Waals surface area contributed by atoms with Crippen molar-refractivity contribution >= 4 is 23.3 Å². The first-order valence-corrected chi connectivity index (χ1v) is 6.10. The van der Waals surface area contributed by atoms with Gasteiger partial charge in [-0.15, -0.1) is 16.7 Å². The summed E-state index contributed by atoms with van der Waals surface area (Å²) in [6.07, 6.45) is 0. The Balaban J connectivity index is 2.17. The number of benzene rings is 1. The molecule has 18 heavy (non-hydrogen) atoms. The van der Waals surface area contributed by atoms with Crippen molar-refractivity contribution < 1.29 is 9.15 Å².